The maximum atomic E-state index is 13.0. The van der Waals surface area contributed by atoms with E-state index in [1.807, 2.05) is 30.5 Å². The van der Waals surface area contributed by atoms with Crippen LogP contribution in [0.1, 0.15) is 81.0 Å². The Bertz CT molecular complexity index is 1370. The molecular formula is C31H36Cl2N2O5S. The predicted molar refractivity (Wildman–Crippen MR) is 167 cm³/mol. The lowest BCUT2D eigenvalue weighted by atomic mass is 10.0. The second-order valence-corrected chi connectivity index (χ2v) is 11.1. The lowest BCUT2D eigenvalue weighted by Gasteiger charge is -2.18. The van der Waals surface area contributed by atoms with Gasteiger partial charge in [-0.1, -0.05) is 61.5 Å². The molecule has 10 heteroatoms. The number of nitrogens with zero attached hydrogens (tertiary/aromatic N) is 1. The molecule has 220 valence electrons. The molecule has 1 heterocycles. The van der Waals surface area contributed by atoms with Crippen LogP contribution in [-0.2, 0) is 14.3 Å². The Morgan fingerprint density at radius 3 is 2.51 bits per heavy atom. The first-order valence-electron chi connectivity index (χ1n) is 13.6. The standard InChI is InChI=1S/C31H36Cl2N2O5S/c1-6-8-9-10-14-40-20(4)22-12-11-13-23(28(22)38-5)27-18-41-31(34-27)35-29(36)21-16-25(32)24(26(33)17-21)15-19(3)30(37)39-7-2/h11-13,15-18,20H,6-10,14H2,1-5H3,(H,34,35,36)/b19-15-/t20-/m1/s1. The molecule has 3 rings (SSSR count). The fraction of sp³-hybridized carbons (Fsp3) is 0.387. The Labute approximate surface area is 255 Å². The molecule has 0 unspecified atom stereocenters. The molecule has 0 bridgehead atoms. The maximum Gasteiger partial charge on any atom is 0.333 e. The van der Waals surface area contributed by atoms with Crippen molar-refractivity contribution in [1.82, 2.24) is 4.98 Å². The predicted octanol–water partition coefficient (Wildman–Crippen LogP) is 9.00. The van der Waals surface area contributed by atoms with E-state index in [2.05, 4.69) is 17.2 Å². The summed E-state index contributed by atoms with van der Waals surface area (Å²) in [4.78, 5) is 29.6. The van der Waals surface area contributed by atoms with E-state index >= 15 is 0 Å². The van der Waals surface area contributed by atoms with Crippen LogP contribution in [0.4, 0.5) is 5.13 Å². The number of anilines is 1. The van der Waals surface area contributed by atoms with Crippen molar-refractivity contribution >= 4 is 57.6 Å². The number of carbonyl (C=O) groups is 2. The van der Waals surface area contributed by atoms with Crippen LogP contribution in [0.5, 0.6) is 5.75 Å². The summed E-state index contributed by atoms with van der Waals surface area (Å²) in [5, 5.41) is 5.55. The summed E-state index contributed by atoms with van der Waals surface area (Å²) < 4.78 is 16.9. The number of aromatic nitrogens is 1. The van der Waals surface area contributed by atoms with Gasteiger partial charge in [0.25, 0.3) is 5.91 Å². The summed E-state index contributed by atoms with van der Waals surface area (Å²) in [5.74, 6) is -0.192. The van der Waals surface area contributed by atoms with Crippen LogP contribution < -0.4 is 10.1 Å². The third-order valence-corrected chi connectivity index (χ3v) is 7.74. The van der Waals surface area contributed by atoms with Crippen molar-refractivity contribution in [3.05, 3.63) is 68.0 Å². The van der Waals surface area contributed by atoms with Gasteiger partial charge in [-0.25, -0.2) is 9.78 Å². The Morgan fingerprint density at radius 1 is 1.12 bits per heavy atom. The number of benzene rings is 2. The zero-order valence-electron chi connectivity index (χ0n) is 24.0. The highest BCUT2D eigenvalue weighted by Crippen LogP contribution is 2.38. The number of esters is 1. The van der Waals surface area contributed by atoms with Crippen molar-refractivity contribution in [2.45, 2.75) is 59.5 Å². The van der Waals surface area contributed by atoms with Crippen molar-refractivity contribution in [2.24, 2.45) is 0 Å². The number of unbranched alkanes of at least 4 members (excludes halogenated alkanes) is 3. The number of amides is 1. The molecule has 1 amide bonds. The fourth-order valence-corrected chi connectivity index (χ4v) is 5.48. The summed E-state index contributed by atoms with van der Waals surface area (Å²) in [6.07, 6.45) is 5.97. The zero-order valence-corrected chi connectivity index (χ0v) is 26.3. The van der Waals surface area contributed by atoms with Crippen LogP contribution in [0.25, 0.3) is 17.3 Å². The Balaban J connectivity index is 1.76. The molecule has 2 aromatic carbocycles. The minimum Gasteiger partial charge on any atom is -0.496 e. The summed E-state index contributed by atoms with van der Waals surface area (Å²) in [5.41, 5.74) is 3.45. The van der Waals surface area contributed by atoms with Crippen LogP contribution >= 0.6 is 34.5 Å². The molecule has 3 aromatic rings. The molecule has 7 nitrogen and oxygen atoms in total. The number of para-hydroxylation sites is 1. The van der Waals surface area contributed by atoms with Crippen LogP contribution in [0, 0.1) is 0 Å². The first-order valence-corrected chi connectivity index (χ1v) is 15.2. The molecule has 0 radical (unpaired) electrons. The normalized spacial score (nSPS) is 12.2. The van der Waals surface area contributed by atoms with E-state index in [4.69, 9.17) is 37.4 Å². The highest BCUT2D eigenvalue weighted by molar-refractivity contribution is 7.14. The second-order valence-electron chi connectivity index (χ2n) is 9.40. The number of nitrogens with one attached hydrogen (secondary N) is 1. The van der Waals surface area contributed by atoms with E-state index < -0.39 is 11.9 Å². The van der Waals surface area contributed by atoms with Crippen molar-refractivity contribution < 1.29 is 23.8 Å². The zero-order chi connectivity index (χ0) is 29.9. The lowest BCUT2D eigenvalue weighted by molar-refractivity contribution is -0.138. The van der Waals surface area contributed by atoms with Gasteiger partial charge < -0.3 is 14.2 Å². The number of carbonyl (C=O) groups excluding carboxylic acids is 2. The molecule has 0 spiro atoms. The summed E-state index contributed by atoms with van der Waals surface area (Å²) in [7, 11) is 1.63. The Hall–Kier alpha value is -2.91. The van der Waals surface area contributed by atoms with E-state index in [1.165, 1.54) is 42.4 Å². The monoisotopic (exact) mass is 618 g/mol. The molecule has 0 fully saturated rings. The molecular weight excluding hydrogens is 583 g/mol. The first kappa shape index (κ1) is 32.6. The van der Waals surface area contributed by atoms with Crippen molar-refractivity contribution in [2.75, 3.05) is 25.6 Å². The van der Waals surface area contributed by atoms with Crippen molar-refractivity contribution in [3.63, 3.8) is 0 Å². The van der Waals surface area contributed by atoms with Crippen LogP contribution in [0.2, 0.25) is 10.0 Å². The van der Waals surface area contributed by atoms with Crippen LogP contribution in [-0.4, -0.2) is 37.2 Å². The van der Waals surface area contributed by atoms with Crippen LogP contribution in [0.3, 0.4) is 0 Å². The van der Waals surface area contributed by atoms with Gasteiger partial charge in [0, 0.05) is 39.8 Å². The molecule has 0 aliphatic rings. The third-order valence-electron chi connectivity index (χ3n) is 6.35. The van der Waals surface area contributed by atoms with Gasteiger partial charge in [-0.05, 0) is 51.5 Å². The van der Waals surface area contributed by atoms with Gasteiger partial charge >= 0.3 is 5.97 Å². The molecule has 1 atom stereocenters. The van der Waals surface area contributed by atoms with E-state index in [9.17, 15) is 9.59 Å². The Morgan fingerprint density at radius 2 is 1.85 bits per heavy atom. The minimum absolute atomic E-state index is 0.141. The lowest BCUT2D eigenvalue weighted by Crippen LogP contribution is -2.12. The largest absolute Gasteiger partial charge is 0.496 e. The number of rotatable bonds is 14. The van der Waals surface area contributed by atoms with Gasteiger partial charge in [-0.15, -0.1) is 11.3 Å². The topological polar surface area (TPSA) is 86.8 Å². The van der Waals surface area contributed by atoms with E-state index in [-0.39, 0.29) is 28.3 Å². The highest BCUT2D eigenvalue weighted by Gasteiger charge is 2.20. The average molecular weight is 620 g/mol. The minimum atomic E-state index is -0.465. The third kappa shape index (κ3) is 8.79. The Kier molecular flexibility index (Phi) is 12.7. The number of hydrogen-bond acceptors (Lipinski definition) is 7. The first-order chi connectivity index (χ1) is 19.7. The van der Waals surface area contributed by atoms with Gasteiger partial charge in [0.05, 0.1) is 35.6 Å². The van der Waals surface area contributed by atoms with Crippen molar-refractivity contribution in [3.8, 4) is 17.0 Å². The van der Waals surface area contributed by atoms with Gasteiger partial charge in [-0.2, -0.15) is 0 Å². The number of ether oxygens (including phenoxy) is 3. The molecule has 0 saturated carbocycles. The molecule has 0 aliphatic carbocycles. The molecule has 0 saturated heterocycles. The van der Waals surface area contributed by atoms with E-state index in [0.29, 0.717) is 34.3 Å². The molecule has 41 heavy (non-hydrogen) atoms. The van der Waals surface area contributed by atoms with Gasteiger partial charge in [0.15, 0.2) is 5.13 Å². The summed E-state index contributed by atoms with van der Waals surface area (Å²) in [6, 6.07) is 8.87. The number of methoxy groups -OCH3 is 1. The average Bonchev–Trinajstić information content (AvgIpc) is 3.42. The van der Waals surface area contributed by atoms with Crippen molar-refractivity contribution in [1.29, 1.82) is 0 Å². The molecule has 1 N–H and O–H groups in total. The van der Waals surface area contributed by atoms with E-state index in [0.717, 1.165) is 24.0 Å². The maximum absolute atomic E-state index is 13.0. The fourth-order valence-electron chi connectivity index (χ4n) is 4.18. The molecule has 0 aliphatic heterocycles. The SMILES string of the molecule is CCCCCCO[C@H](C)c1cccc(-c2csc(NC(=O)c3cc(Cl)c(/C=C(/C)C(=O)OCC)c(Cl)c3)n2)c1OC. The van der Waals surface area contributed by atoms with Gasteiger partial charge in [-0.3, -0.25) is 10.1 Å². The van der Waals surface area contributed by atoms with Crippen LogP contribution in [0.15, 0.2) is 41.3 Å². The molecule has 1 aromatic heterocycles. The quantitative estimate of drug-likeness (QED) is 0.110. The summed E-state index contributed by atoms with van der Waals surface area (Å²) >= 11 is 14.1. The number of thiazole rings is 1. The van der Waals surface area contributed by atoms with Gasteiger partial charge in [0.1, 0.15) is 5.75 Å². The van der Waals surface area contributed by atoms with E-state index in [1.54, 1.807) is 21.0 Å². The second kappa shape index (κ2) is 15.9. The summed E-state index contributed by atoms with van der Waals surface area (Å²) in [6.45, 7) is 8.49. The smallest absolute Gasteiger partial charge is 0.333 e. The number of hydrogen-bond donors (Lipinski definition) is 1. The highest BCUT2D eigenvalue weighted by atomic mass is 35.5. The number of halogens is 2. The van der Waals surface area contributed by atoms with Gasteiger partial charge in [0.2, 0.25) is 0 Å².